The number of ether oxygens (including phenoxy) is 1. The van der Waals surface area contributed by atoms with Gasteiger partial charge in [-0.15, -0.1) is 0 Å². The van der Waals surface area contributed by atoms with Crippen molar-refractivity contribution in [3.8, 4) is 0 Å². The van der Waals surface area contributed by atoms with Crippen LogP contribution in [0.5, 0.6) is 0 Å². The van der Waals surface area contributed by atoms with Crippen molar-refractivity contribution in [2.45, 2.75) is 13.3 Å². The van der Waals surface area contributed by atoms with Crippen molar-refractivity contribution in [1.29, 1.82) is 0 Å². The maximum atomic E-state index is 13.8. The molecule has 2 aromatic carbocycles. The minimum absolute atomic E-state index is 0.0305. The van der Waals surface area contributed by atoms with Gasteiger partial charge in [-0.1, -0.05) is 6.92 Å². The number of hydrogen-bond acceptors (Lipinski definition) is 6. The molecule has 0 atom stereocenters. The Bertz CT molecular complexity index is 1080. The Morgan fingerprint density at radius 3 is 2.34 bits per heavy atom. The van der Waals surface area contributed by atoms with Gasteiger partial charge in [-0.25, -0.2) is 18.0 Å². The fraction of sp³-hybridized carbons (Fsp3) is 0.250. The number of nitrogens with zero attached hydrogens (tertiary/aromatic N) is 2. The van der Waals surface area contributed by atoms with E-state index < -0.39 is 58.1 Å². The van der Waals surface area contributed by atoms with Gasteiger partial charge in [0.05, 0.1) is 23.3 Å². The monoisotopic (exact) mass is 453 g/mol. The molecule has 0 spiro atoms. The van der Waals surface area contributed by atoms with Gasteiger partial charge in [-0.3, -0.25) is 19.7 Å². The summed E-state index contributed by atoms with van der Waals surface area (Å²) < 4.78 is 44.7. The molecule has 0 saturated heterocycles. The molecule has 9 nitrogen and oxygen atoms in total. The highest BCUT2D eigenvalue weighted by atomic mass is 19.2. The van der Waals surface area contributed by atoms with Crippen LogP contribution in [0.1, 0.15) is 34.1 Å². The van der Waals surface area contributed by atoms with Crippen LogP contribution in [-0.4, -0.2) is 47.8 Å². The zero-order valence-corrected chi connectivity index (χ0v) is 17.0. The maximum absolute atomic E-state index is 13.8. The van der Waals surface area contributed by atoms with Crippen molar-refractivity contribution < 1.29 is 37.2 Å². The molecule has 2 aromatic rings. The summed E-state index contributed by atoms with van der Waals surface area (Å²) in [5, 5.41) is 13.2. The number of benzene rings is 2. The van der Waals surface area contributed by atoms with Gasteiger partial charge in [0, 0.05) is 24.2 Å². The third kappa shape index (κ3) is 5.59. The number of methoxy groups -OCH3 is 1. The zero-order chi connectivity index (χ0) is 24.0. The number of halogens is 3. The lowest BCUT2D eigenvalue weighted by molar-refractivity contribution is -0.384. The van der Waals surface area contributed by atoms with Crippen LogP contribution in [0, 0.1) is 27.6 Å². The average molecular weight is 453 g/mol. The van der Waals surface area contributed by atoms with E-state index in [9.17, 15) is 37.7 Å². The van der Waals surface area contributed by atoms with Crippen LogP contribution in [0.3, 0.4) is 0 Å². The number of nitrogens with one attached hydrogen (secondary N) is 1. The summed E-state index contributed by atoms with van der Waals surface area (Å²) in [6.45, 7) is 1.10. The number of nitro groups is 1. The molecule has 1 N–H and O–H groups in total. The number of hydrogen-bond donors (Lipinski definition) is 1. The second-order valence-corrected chi connectivity index (χ2v) is 6.52. The number of carbonyl (C=O) groups excluding carboxylic acids is 3. The molecule has 0 radical (unpaired) electrons. The first-order valence-electron chi connectivity index (χ1n) is 9.19. The Balaban J connectivity index is 2.30. The topological polar surface area (TPSA) is 119 Å². The average Bonchev–Trinajstić information content (AvgIpc) is 2.77. The molecule has 0 aromatic heterocycles. The maximum Gasteiger partial charge on any atom is 0.338 e. The van der Waals surface area contributed by atoms with E-state index in [1.54, 1.807) is 6.92 Å². The predicted octanol–water partition coefficient (Wildman–Crippen LogP) is 3.29. The minimum atomic E-state index is -1.77. The number of anilines is 1. The number of carbonyl (C=O) groups is 3. The van der Waals surface area contributed by atoms with Gasteiger partial charge in [-0.2, -0.15) is 0 Å². The van der Waals surface area contributed by atoms with Crippen LogP contribution >= 0.6 is 0 Å². The van der Waals surface area contributed by atoms with Gasteiger partial charge in [0.1, 0.15) is 6.54 Å². The zero-order valence-electron chi connectivity index (χ0n) is 17.0. The minimum Gasteiger partial charge on any atom is -0.465 e. The van der Waals surface area contributed by atoms with E-state index in [0.29, 0.717) is 12.5 Å². The summed E-state index contributed by atoms with van der Waals surface area (Å²) >= 11 is 0. The molecule has 12 heteroatoms. The van der Waals surface area contributed by atoms with Crippen molar-refractivity contribution in [1.82, 2.24) is 4.90 Å². The molecule has 0 saturated carbocycles. The van der Waals surface area contributed by atoms with Crippen LogP contribution < -0.4 is 5.32 Å². The van der Waals surface area contributed by atoms with E-state index in [-0.39, 0.29) is 17.7 Å². The Morgan fingerprint density at radius 2 is 1.75 bits per heavy atom. The lowest BCUT2D eigenvalue weighted by Crippen LogP contribution is -2.38. The quantitative estimate of drug-likeness (QED) is 0.284. The summed E-state index contributed by atoms with van der Waals surface area (Å²) in [7, 11) is 1.06. The number of amides is 2. The number of non-ortho nitro benzene ring substituents is 1. The summed E-state index contributed by atoms with van der Waals surface area (Å²) in [6.07, 6.45) is 0.386. The van der Waals surface area contributed by atoms with Crippen molar-refractivity contribution >= 4 is 29.2 Å². The fourth-order valence-corrected chi connectivity index (χ4v) is 2.77. The molecule has 170 valence electrons. The van der Waals surface area contributed by atoms with Crippen molar-refractivity contribution in [3.05, 3.63) is 69.0 Å². The van der Waals surface area contributed by atoms with Crippen LogP contribution in [0.2, 0.25) is 0 Å². The highest BCUT2D eigenvalue weighted by Crippen LogP contribution is 2.21. The van der Waals surface area contributed by atoms with Crippen molar-refractivity contribution in [2.75, 3.05) is 25.5 Å². The lowest BCUT2D eigenvalue weighted by atomic mass is 10.1. The van der Waals surface area contributed by atoms with Crippen LogP contribution in [-0.2, 0) is 9.53 Å². The van der Waals surface area contributed by atoms with E-state index >= 15 is 0 Å². The normalized spacial score (nSPS) is 10.4. The lowest BCUT2D eigenvalue weighted by Gasteiger charge is -2.22. The van der Waals surface area contributed by atoms with E-state index in [1.807, 2.05) is 5.32 Å². The molecule has 0 aliphatic heterocycles. The Kier molecular flexibility index (Phi) is 7.88. The highest BCUT2D eigenvalue weighted by molar-refractivity contribution is 6.01. The van der Waals surface area contributed by atoms with Gasteiger partial charge in [0.25, 0.3) is 11.6 Å². The van der Waals surface area contributed by atoms with E-state index in [4.69, 9.17) is 0 Å². The van der Waals surface area contributed by atoms with Gasteiger partial charge >= 0.3 is 5.97 Å². The molecular formula is C20H18F3N3O6. The number of rotatable bonds is 8. The third-order valence-electron chi connectivity index (χ3n) is 4.22. The summed E-state index contributed by atoms with van der Waals surface area (Å²) in [5.41, 5.74) is -1.66. The largest absolute Gasteiger partial charge is 0.465 e. The highest BCUT2D eigenvalue weighted by Gasteiger charge is 2.24. The van der Waals surface area contributed by atoms with Crippen LogP contribution in [0.15, 0.2) is 30.3 Å². The summed E-state index contributed by atoms with van der Waals surface area (Å²) in [5.74, 6) is -7.45. The summed E-state index contributed by atoms with van der Waals surface area (Å²) in [4.78, 5) is 48.4. The fourth-order valence-electron chi connectivity index (χ4n) is 2.77. The van der Waals surface area contributed by atoms with Gasteiger partial charge in [0.2, 0.25) is 5.91 Å². The number of nitro benzene ring substituents is 1. The molecule has 0 fully saturated rings. The van der Waals surface area contributed by atoms with Crippen LogP contribution in [0.4, 0.5) is 24.5 Å². The predicted molar refractivity (Wildman–Crippen MR) is 106 cm³/mol. The Labute approximate surface area is 179 Å². The molecule has 0 aliphatic carbocycles. The number of esters is 1. The smallest absolute Gasteiger partial charge is 0.338 e. The second kappa shape index (κ2) is 10.4. The molecule has 32 heavy (non-hydrogen) atoms. The molecule has 0 heterocycles. The Hall–Kier alpha value is -3.96. The molecule has 0 unspecified atom stereocenters. The van der Waals surface area contributed by atoms with E-state index in [0.717, 1.165) is 36.3 Å². The van der Waals surface area contributed by atoms with E-state index in [1.165, 1.54) is 0 Å². The van der Waals surface area contributed by atoms with Gasteiger partial charge in [0.15, 0.2) is 17.5 Å². The van der Waals surface area contributed by atoms with E-state index in [2.05, 4.69) is 4.74 Å². The molecular weight excluding hydrogens is 435 g/mol. The van der Waals surface area contributed by atoms with Crippen molar-refractivity contribution in [2.24, 2.45) is 0 Å². The van der Waals surface area contributed by atoms with Crippen molar-refractivity contribution in [3.63, 3.8) is 0 Å². The van der Waals surface area contributed by atoms with Gasteiger partial charge in [-0.05, 0) is 24.6 Å². The molecule has 0 bridgehead atoms. The molecule has 2 amide bonds. The third-order valence-corrected chi connectivity index (χ3v) is 4.22. The first kappa shape index (κ1) is 24.3. The van der Waals surface area contributed by atoms with Crippen LogP contribution in [0.25, 0.3) is 0 Å². The Morgan fingerprint density at radius 1 is 1.09 bits per heavy atom. The molecule has 2 rings (SSSR count). The summed E-state index contributed by atoms with van der Waals surface area (Å²) in [6, 6.07) is 4.40. The first-order chi connectivity index (χ1) is 15.1. The first-order valence-corrected chi connectivity index (χ1v) is 9.19. The second-order valence-electron chi connectivity index (χ2n) is 6.52. The SMILES string of the molecule is CCCN(CC(=O)Nc1ccc(F)c(F)c1F)C(=O)c1cc(C(=O)OC)cc([N+](=O)[O-])c1. The van der Waals surface area contributed by atoms with Gasteiger partial charge < -0.3 is 15.0 Å². The molecule has 0 aliphatic rings. The standard InChI is InChI=1S/C20H18F3N3O6/c1-3-6-25(10-16(27)24-15-5-4-14(21)17(22)18(15)23)19(28)11-7-12(20(29)32-2)9-13(8-11)26(30)31/h4-5,7-9H,3,6,10H2,1-2H3,(H,24,27).